The van der Waals surface area contributed by atoms with Crippen molar-refractivity contribution in [1.29, 1.82) is 0 Å². The Labute approximate surface area is 150 Å². The number of piperidine rings is 1. The van der Waals surface area contributed by atoms with Gasteiger partial charge in [0.25, 0.3) is 0 Å². The molecular weight excluding hydrogens is 332 g/mol. The van der Waals surface area contributed by atoms with Crippen LogP contribution >= 0.6 is 11.3 Å². The second-order valence-electron chi connectivity index (χ2n) is 6.91. The van der Waals surface area contributed by atoms with E-state index in [2.05, 4.69) is 44.7 Å². The summed E-state index contributed by atoms with van der Waals surface area (Å²) >= 11 is 1.73. The summed E-state index contributed by atoms with van der Waals surface area (Å²) in [6, 6.07) is 10.4. The lowest BCUT2D eigenvalue weighted by Crippen LogP contribution is -2.33. The molecule has 128 valence electrons. The number of hydrogen-bond acceptors (Lipinski definition) is 6. The van der Waals surface area contributed by atoms with Gasteiger partial charge in [0, 0.05) is 35.9 Å². The molecule has 0 amide bonds. The van der Waals surface area contributed by atoms with E-state index in [0.717, 1.165) is 48.5 Å². The topological polar surface area (TPSA) is 55.1 Å². The van der Waals surface area contributed by atoms with Gasteiger partial charge in [-0.3, -0.25) is 0 Å². The van der Waals surface area contributed by atoms with E-state index in [1.54, 1.807) is 11.3 Å². The van der Waals surface area contributed by atoms with Crippen molar-refractivity contribution in [3.8, 4) is 11.3 Å². The molecular formula is C19H20N4OS. The first-order chi connectivity index (χ1) is 12.4. The predicted molar refractivity (Wildman–Crippen MR) is 98.0 cm³/mol. The smallest absolute Gasteiger partial charge is 0.229 e. The number of thiazole rings is 1. The normalized spacial score (nSPS) is 18.6. The molecule has 5 rings (SSSR count). The Morgan fingerprint density at radius 1 is 0.960 bits per heavy atom. The molecule has 0 atom stereocenters. The van der Waals surface area contributed by atoms with Gasteiger partial charge in [0.15, 0.2) is 11.0 Å². The molecule has 3 heterocycles. The Bertz CT molecular complexity index is 847. The Morgan fingerprint density at radius 2 is 1.76 bits per heavy atom. The number of nitrogens with zero attached hydrogens (tertiary/aromatic N) is 4. The number of hydrogen-bond donors (Lipinski definition) is 0. The summed E-state index contributed by atoms with van der Waals surface area (Å²) in [4.78, 5) is 11.8. The molecule has 1 saturated carbocycles. The number of benzene rings is 1. The number of aromatic nitrogens is 3. The van der Waals surface area contributed by atoms with Crippen LogP contribution in [0.1, 0.15) is 49.2 Å². The lowest BCUT2D eigenvalue weighted by molar-refractivity contribution is 0.365. The van der Waals surface area contributed by atoms with Crippen LogP contribution in [0, 0.1) is 0 Å². The Kier molecular flexibility index (Phi) is 3.77. The third-order valence-corrected chi connectivity index (χ3v) is 5.98. The van der Waals surface area contributed by atoms with Crippen molar-refractivity contribution in [3.63, 3.8) is 0 Å². The van der Waals surface area contributed by atoms with Crippen LogP contribution in [-0.2, 0) is 0 Å². The van der Waals surface area contributed by atoms with Crippen molar-refractivity contribution < 1.29 is 4.52 Å². The quantitative estimate of drug-likeness (QED) is 0.694. The molecule has 1 aromatic carbocycles. The van der Waals surface area contributed by atoms with Gasteiger partial charge in [-0.05, 0) is 25.7 Å². The highest BCUT2D eigenvalue weighted by molar-refractivity contribution is 7.14. The van der Waals surface area contributed by atoms with Crippen LogP contribution in [0.5, 0.6) is 0 Å². The lowest BCUT2D eigenvalue weighted by atomic mass is 9.96. The summed E-state index contributed by atoms with van der Waals surface area (Å²) in [6.07, 6.45) is 4.52. The molecule has 0 unspecified atom stereocenters. The Morgan fingerprint density at radius 3 is 2.52 bits per heavy atom. The van der Waals surface area contributed by atoms with E-state index in [4.69, 9.17) is 9.51 Å². The van der Waals surface area contributed by atoms with Crippen LogP contribution in [0.25, 0.3) is 11.3 Å². The fourth-order valence-corrected chi connectivity index (χ4v) is 4.28. The first-order valence-electron chi connectivity index (χ1n) is 8.96. The summed E-state index contributed by atoms with van der Waals surface area (Å²) in [5.74, 6) is 2.71. The average Bonchev–Trinajstić information content (AvgIpc) is 3.21. The van der Waals surface area contributed by atoms with Crippen LogP contribution < -0.4 is 4.90 Å². The van der Waals surface area contributed by atoms with Gasteiger partial charge in [0.05, 0.1) is 5.69 Å². The van der Waals surface area contributed by atoms with Crippen molar-refractivity contribution in [2.75, 3.05) is 18.0 Å². The first-order valence-corrected chi connectivity index (χ1v) is 9.84. The van der Waals surface area contributed by atoms with E-state index in [-0.39, 0.29) is 0 Å². The zero-order valence-electron chi connectivity index (χ0n) is 14.0. The van der Waals surface area contributed by atoms with Gasteiger partial charge in [-0.1, -0.05) is 35.5 Å². The lowest BCUT2D eigenvalue weighted by Gasteiger charge is -2.30. The summed E-state index contributed by atoms with van der Waals surface area (Å²) in [5, 5.41) is 7.49. The SMILES string of the molecule is c1ccc(-c2csc(N3CCC(c4noc(C5CC5)n4)CC3)n2)cc1. The molecule has 1 saturated heterocycles. The van der Waals surface area contributed by atoms with Crippen molar-refractivity contribution in [2.24, 2.45) is 0 Å². The third-order valence-electron chi connectivity index (χ3n) is 5.08. The van der Waals surface area contributed by atoms with Crippen molar-refractivity contribution in [2.45, 2.75) is 37.5 Å². The molecule has 2 aliphatic rings. The molecule has 3 aromatic rings. The third kappa shape index (κ3) is 3.06. The highest BCUT2D eigenvalue weighted by Crippen LogP contribution is 2.40. The predicted octanol–water partition coefficient (Wildman–Crippen LogP) is 4.45. The van der Waals surface area contributed by atoms with Crippen LogP contribution in [0.3, 0.4) is 0 Å². The van der Waals surface area contributed by atoms with Crippen molar-refractivity contribution in [1.82, 2.24) is 15.1 Å². The highest BCUT2D eigenvalue weighted by atomic mass is 32.1. The largest absolute Gasteiger partial charge is 0.348 e. The van der Waals surface area contributed by atoms with E-state index in [9.17, 15) is 0 Å². The van der Waals surface area contributed by atoms with Crippen LogP contribution in [0.15, 0.2) is 40.2 Å². The van der Waals surface area contributed by atoms with Gasteiger partial charge in [-0.2, -0.15) is 4.98 Å². The second kappa shape index (κ2) is 6.26. The maximum atomic E-state index is 5.42. The van der Waals surface area contributed by atoms with Gasteiger partial charge in [-0.25, -0.2) is 4.98 Å². The van der Waals surface area contributed by atoms with E-state index in [1.807, 2.05) is 6.07 Å². The van der Waals surface area contributed by atoms with E-state index in [0.29, 0.717) is 11.8 Å². The Balaban J connectivity index is 1.25. The zero-order valence-corrected chi connectivity index (χ0v) is 14.8. The van der Waals surface area contributed by atoms with Crippen LogP contribution in [0.4, 0.5) is 5.13 Å². The maximum Gasteiger partial charge on any atom is 0.229 e. The first kappa shape index (κ1) is 15.1. The van der Waals surface area contributed by atoms with Crippen LogP contribution in [0.2, 0.25) is 0 Å². The minimum Gasteiger partial charge on any atom is -0.348 e. The summed E-state index contributed by atoms with van der Waals surface area (Å²) in [7, 11) is 0. The van der Waals surface area contributed by atoms with Crippen LogP contribution in [-0.4, -0.2) is 28.2 Å². The zero-order chi connectivity index (χ0) is 16.6. The summed E-state index contributed by atoms with van der Waals surface area (Å²) in [5.41, 5.74) is 2.24. The van der Waals surface area contributed by atoms with Gasteiger partial charge in [0.1, 0.15) is 0 Å². The molecule has 5 nitrogen and oxygen atoms in total. The summed E-state index contributed by atoms with van der Waals surface area (Å²) in [6.45, 7) is 2.00. The number of anilines is 1. The fourth-order valence-electron chi connectivity index (χ4n) is 3.39. The minimum atomic E-state index is 0.418. The van der Waals surface area contributed by atoms with Crippen molar-refractivity contribution in [3.05, 3.63) is 47.4 Å². The summed E-state index contributed by atoms with van der Waals surface area (Å²) < 4.78 is 5.42. The second-order valence-corrected chi connectivity index (χ2v) is 7.74. The standard InChI is InChI=1S/C19H20N4OS/c1-2-4-13(5-3-1)16-12-25-19(20-16)23-10-8-14(9-11-23)17-21-18(24-22-17)15-6-7-15/h1-5,12,14-15H,6-11H2. The van der Waals surface area contributed by atoms with Gasteiger partial charge < -0.3 is 9.42 Å². The number of rotatable bonds is 4. The molecule has 1 aliphatic carbocycles. The molecule has 0 radical (unpaired) electrons. The molecule has 25 heavy (non-hydrogen) atoms. The monoisotopic (exact) mass is 352 g/mol. The average molecular weight is 352 g/mol. The van der Waals surface area contributed by atoms with Gasteiger partial charge in [-0.15, -0.1) is 11.3 Å². The van der Waals surface area contributed by atoms with Crippen molar-refractivity contribution >= 4 is 16.5 Å². The van der Waals surface area contributed by atoms with Gasteiger partial charge in [0.2, 0.25) is 5.89 Å². The fraction of sp³-hybridized carbons (Fsp3) is 0.421. The molecule has 6 heteroatoms. The minimum absolute atomic E-state index is 0.418. The molecule has 0 bridgehead atoms. The molecule has 1 aliphatic heterocycles. The molecule has 0 N–H and O–H groups in total. The van der Waals surface area contributed by atoms with Gasteiger partial charge >= 0.3 is 0 Å². The molecule has 2 fully saturated rings. The maximum absolute atomic E-state index is 5.42. The van der Waals surface area contributed by atoms with E-state index < -0.39 is 0 Å². The molecule has 0 spiro atoms. The van der Waals surface area contributed by atoms with E-state index in [1.165, 1.54) is 18.4 Å². The Hall–Kier alpha value is -2.21. The van der Waals surface area contributed by atoms with E-state index >= 15 is 0 Å². The highest BCUT2D eigenvalue weighted by Gasteiger charge is 2.32. The molecule has 2 aromatic heterocycles.